The molecule has 0 saturated carbocycles. The summed E-state index contributed by atoms with van der Waals surface area (Å²) in [6.45, 7) is 0. The molecule has 0 amide bonds. The minimum Gasteiger partial charge on any atom is -0.343 e. The zero-order chi connectivity index (χ0) is 13.2. The minimum absolute atomic E-state index is 0.263. The topological polar surface area (TPSA) is 41.6 Å². The van der Waals surface area contributed by atoms with E-state index in [0.717, 1.165) is 27.2 Å². The van der Waals surface area contributed by atoms with Crippen LogP contribution in [0.2, 0.25) is 0 Å². The van der Waals surface area contributed by atoms with Crippen molar-refractivity contribution in [3.63, 3.8) is 0 Å². The van der Waals surface area contributed by atoms with E-state index in [1.807, 2.05) is 18.2 Å². The second-order valence-electron chi connectivity index (χ2n) is 3.98. The summed E-state index contributed by atoms with van der Waals surface area (Å²) in [6, 6.07) is 11.9. The third-order valence-electron chi connectivity index (χ3n) is 2.73. The Balaban J connectivity index is 2.10. The van der Waals surface area contributed by atoms with Gasteiger partial charge in [-0.15, -0.1) is 0 Å². The molecule has 0 aliphatic carbocycles. The number of halogens is 2. The van der Waals surface area contributed by atoms with Crippen LogP contribution in [0, 0.1) is 5.82 Å². The van der Waals surface area contributed by atoms with Gasteiger partial charge in [0.1, 0.15) is 10.4 Å². The number of rotatable bonds is 2. The van der Waals surface area contributed by atoms with E-state index < -0.39 is 0 Å². The second kappa shape index (κ2) is 4.93. The molecule has 3 nitrogen and oxygen atoms in total. The molecule has 2 heterocycles. The van der Waals surface area contributed by atoms with Crippen LogP contribution in [0.1, 0.15) is 0 Å². The van der Waals surface area contributed by atoms with E-state index >= 15 is 0 Å². The molecule has 19 heavy (non-hydrogen) atoms. The molecule has 0 saturated heterocycles. The van der Waals surface area contributed by atoms with Gasteiger partial charge in [0.05, 0.1) is 23.4 Å². The smallest absolute Gasteiger partial charge is 0.123 e. The quantitative estimate of drug-likeness (QED) is 0.725. The Morgan fingerprint density at radius 1 is 1.05 bits per heavy atom. The molecule has 5 heteroatoms. The van der Waals surface area contributed by atoms with Crippen LogP contribution in [0.3, 0.4) is 0 Å². The fourth-order valence-corrected chi connectivity index (χ4v) is 2.21. The van der Waals surface area contributed by atoms with Crippen molar-refractivity contribution in [2.24, 2.45) is 0 Å². The minimum atomic E-state index is -0.263. The van der Waals surface area contributed by atoms with Crippen molar-refractivity contribution in [3.05, 3.63) is 59.2 Å². The van der Waals surface area contributed by atoms with Crippen molar-refractivity contribution in [1.82, 2.24) is 15.0 Å². The second-order valence-corrected chi connectivity index (χ2v) is 4.79. The van der Waals surface area contributed by atoms with Crippen LogP contribution in [0.15, 0.2) is 53.4 Å². The highest BCUT2D eigenvalue weighted by Gasteiger charge is 2.11. The van der Waals surface area contributed by atoms with Crippen molar-refractivity contribution < 1.29 is 4.39 Å². The van der Waals surface area contributed by atoms with Crippen LogP contribution in [-0.2, 0) is 0 Å². The van der Waals surface area contributed by atoms with Gasteiger partial charge in [-0.2, -0.15) is 0 Å². The SMILES string of the molecule is Fc1ccc(-c2nc[nH]c2-c2cccc(Br)n2)cc1. The van der Waals surface area contributed by atoms with Crippen molar-refractivity contribution >= 4 is 15.9 Å². The molecule has 0 spiro atoms. The summed E-state index contributed by atoms with van der Waals surface area (Å²) in [4.78, 5) is 11.8. The third kappa shape index (κ3) is 2.42. The van der Waals surface area contributed by atoms with Crippen LogP contribution in [0.4, 0.5) is 4.39 Å². The zero-order valence-corrected chi connectivity index (χ0v) is 11.4. The fourth-order valence-electron chi connectivity index (χ4n) is 1.86. The number of H-pyrrole nitrogens is 1. The summed E-state index contributed by atoms with van der Waals surface area (Å²) in [5, 5.41) is 0. The average molecular weight is 318 g/mol. The molecule has 0 radical (unpaired) electrons. The molecular weight excluding hydrogens is 309 g/mol. The van der Waals surface area contributed by atoms with E-state index in [0.29, 0.717) is 0 Å². The van der Waals surface area contributed by atoms with Crippen LogP contribution in [0.25, 0.3) is 22.6 Å². The number of pyridine rings is 1. The molecule has 2 aromatic heterocycles. The summed E-state index contributed by atoms with van der Waals surface area (Å²) >= 11 is 3.34. The van der Waals surface area contributed by atoms with E-state index in [2.05, 4.69) is 30.9 Å². The Morgan fingerprint density at radius 2 is 1.84 bits per heavy atom. The van der Waals surface area contributed by atoms with Gasteiger partial charge >= 0.3 is 0 Å². The molecular formula is C14H9BrFN3. The maximum absolute atomic E-state index is 13.0. The summed E-state index contributed by atoms with van der Waals surface area (Å²) in [6.07, 6.45) is 1.61. The highest BCUT2D eigenvalue weighted by molar-refractivity contribution is 9.10. The van der Waals surface area contributed by atoms with E-state index in [1.54, 1.807) is 18.5 Å². The van der Waals surface area contributed by atoms with Gasteiger partial charge in [0.15, 0.2) is 0 Å². The van der Waals surface area contributed by atoms with Gasteiger partial charge < -0.3 is 4.98 Å². The fraction of sp³-hybridized carbons (Fsp3) is 0. The molecule has 94 valence electrons. The normalized spacial score (nSPS) is 10.6. The lowest BCUT2D eigenvalue weighted by Crippen LogP contribution is -1.88. The molecule has 0 atom stereocenters. The molecule has 0 unspecified atom stereocenters. The van der Waals surface area contributed by atoms with Gasteiger partial charge in [0.25, 0.3) is 0 Å². The van der Waals surface area contributed by atoms with E-state index in [9.17, 15) is 4.39 Å². The van der Waals surface area contributed by atoms with Crippen LogP contribution in [0.5, 0.6) is 0 Å². The summed E-state index contributed by atoms with van der Waals surface area (Å²) in [7, 11) is 0. The summed E-state index contributed by atoms with van der Waals surface area (Å²) < 4.78 is 13.7. The number of hydrogen-bond acceptors (Lipinski definition) is 2. The van der Waals surface area contributed by atoms with Crippen LogP contribution >= 0.6 is 15.9 Å². The first-order valence-electron chi connectivity index (χ1n) is 5.66. The average Bonchev–Trinajstić information content (AvgIpc) is 2.89. The van der Waals surface area contributed by atoms with E-state index in [4.69, 9.17) is 0 Å². The van der Waals surface area contributed by atoms with E-state index in [-0.39, 0.29) is 5.82 Å². The molecule has 3 rings (SSSR count). The zero-order valence-electron chi connectivity index (χ0n) is 9.77. The first-order chi connectivity index (χ1) is 9.24. The number of nitrogens with one attached hydrogen (secondary N) is 1. The van der Waals surface area contributed by atoms with Crippen molar-refractivity contribution in [2.45, 2.75) is 0 Å². The van der Waals surface area contributed by atoms with E-state index in [1.165, 1.54) is 12.1 Å². The Labute approximate surface area is 117 Å². The van der Waals surface area contributed by atoms with Crippen molar-refractivity contribution in [1.29, 1.82) is 0 Å². The molecule has 1 aromatic carbocycles. The predicted octanol–water partition coefficient (Wildman–Crippen LogP) is 4.04. The van der Waals surface area contributed by atoms with Crippen molar-refractivity contribution in [2.75, 3.05) is 0 Å². The Morgan fingerprint density at radius 3 is 2.58 bits per heavy atom. The van der Waals surface area contributed by atoms with Gasteiger partial charge in [0.2, 0.25) is 0 Å². The summed E-state index contributed by atoms with van der Waals surface area (Å²) in [5.74, 6) is -0.263. The van der Waals surface area contributed by atoms with Gasteiger partial charge in [-0.1, -0.05) is 6.07 Å². The summed E-state index contributed by atoms with van der Waals surface area (Å²) in [5.41, 5.74) is 3.20. The lowest BCUT2D eigenvalue weighted by atomic mass is 10.1. The first kappa shape index (κ1) is 12.0. The molecule has 0 aliphatic heterocycles. The van der Waals surface area contributed by atoms with Gasteiger partial charge in [-0.25, -0.2) is 14.4 Å². The van der Waals surface area contributed by atoms with Crippen LogP contribution < -0.4 is 0 Å². The highest BCUT2D eigenvalue weighted by atomic mass is 79.9. The molecule has 0 fully saturated rings. The molecule has 1 N–H and O–H groups in total. The monoisotopic (exact) mass is 317 g/mol. The number of aromatic amines is 1. The van der Waals surface area contributed by atoms with Crippen LogP contribution in [-0.4, -0.2) is 15.0 Å². The Kier molecular flexibility index (Phi) is 3.13. The predicted molar refractivity (Wildman–Crippen MR) is 74.9 cm³/mol. The standard InChI is InChI=1S/C14H9BrFN3/c15-12-3-1-2-11(19-12)14-13(17-8-18-14)9-4-6-10(16)7-5-9/h1-8H,(H,17,18). The highest BCUT2D eigenvalue weighted by Crippen LogP contribution is 2.28. The maximum Gasteiger partial charge on any atom is 0.123 e. The van der Waals surface area contributed by atoms with Crippen molar-refractivity contribution in [3.8, 4) is 22.6 Å². The van der Waals surface area contributed by atoms with Gasteiger partial charge in [-0.3, -0.25) is 0 Å². The largest absolute Gasteiger partial charge is 0.343 e. The Bertz CT molecular complexity index is 707. The van der Waals surface area contributed by atoms with Gasteiger partial charge in [0, 0.05) is 5.56 Å². The Hall–Kier alpha value is -2.01. The third-order valence-corrected chi connectivity index (χ3v) is 3.17. The number of nitrogens with zero attached hydrogens (tertiary/aromatic N) is 2. The first-order valence-corrected chi connectivity index (χ1v) is 6.45. The number of hydrogen-bond donors (Lipinski definition) is 1. The maximum atomic E-state index is 13.0. The number of benzene rings is 1. The number of imidazole rings is 1. The molecule has 0 aliphatic rings. The number of aromatic nitrogens is 3. The molecule has 0 bridgehead atoms. The lowest BCUT2D eigenvalue weighted by Gasteiger charge is -2.03. The lowest BCUT2D eigenvalue weighted by molar-refractivity contribution is 0.628. The van der Waals surface area contributed by atoms with Gasteiger partial charge in [-0.05, 0) is 52.3 Å². The molecule has 3 aromatic rings.